The monoisotopic (exact) mass is 352 g/mol. The molecule has 130 valence electrons. The summed E-state index contributed by atoms with van der Waals surface area (Å²) in [5.41, 5.74) is 0.522. The van der Waals surface area contributed by atoms with Gasteiger partial charge >= 0.3 is 6.03 Å². The fraction of sp³-hybridized carbons (Fsp3) is 0.312. The predicted molar refractivity (Wildman–Crippen MR) is 89.6 cm³/mol. The Balaban J connectivity index is 1.62. The zero-order valence-corrected chi connectivity index (χ0v) is 14.1. The number of carbonyl (C=O) groups is 1. The molecule has 0 bridgehead atoms. The first-order valence-corrected chi connectivity index (χ1v) is 9.29. The zero-order chi connectivity index (χ0) is 17.4. The van der Waals surface area contributed by atoms with Crippen LogP contribution in [-0.2, 0) is 21.2 Å². The van der Waals surface area contributed by atoms with Gasteiger partial charge < -0.3 is 19.8 Å². The van der Waals surface area contributed by atoms with E-state index in [0.717, 1.165) is 12.0 Å². The molecule has 1 aromatic heterocycles. The number of nitrogens with one attached hydrogen (secondary N) is 2. The molecule has 0 spiro atoms. The summed E-state index contributed by atoms with van der Waals surface area (Å²) in [5.74, 6) is 0.762. The minimum absolute atomic E-state index is 0.210. The third-order valence-electron chi connectivity index (χ3n) is 3.12. The number of carbonyl (C=O) groups excluding carboxylic acids is 1. The first kappa shape index (κ1) is 18.0. The molecule has 0 aliphatic carbocycles. The fourth-order valence-electron chi connectivity index (χ4n) is 1.90. The number of benzene rings is 1. The van der Waals surface area contributed by atoms with Crippen molar-refractivity contribution >= 4 is 21.6 Å². The van der Waals surface area contributed by atoms with Crippen LogP contribution in [0.1, 0.15) is 12.2 Å². The Morgan fingerprint density at radius 2 is 1.96 bits per heavy atom. The molecule has 0 radical (unpaired) electrons. The Kier molecular flexibility index (Phi) is 6.39. The molecule has 2 amide bonds. The van der Waals surface area contributed by atoms with Gasteiger partial charge in [0.05, 0.1) is 11.2 Å². The van der Waals surface area contributed by atoms with E-state index in [-0.39, 0.29) is 10.9 Å². The number of urea groups is 1. The number of sulfone groups is 1. The first-order valence-electron chi connectivity index (χ1n) is 7.40. The van der Waals surface area contributed by atoms with Gasteiger partial charge in [0.15, 0.2) is 9.84 Å². The molecule has 1 heterocycles. The topological polar surface area (TPSA) is 97.6 Å². The molecule has 1 aromatic carbocycles. The van der Waals surface area contributed by atoms with E-state index in [1.165, 1.54) is 12.1 Å². The lowest BCUT2D eigenvalue weighted by atomic mass is 10.3. The van der Waals surface area contributed by atoms with Crippen molar-refractivity contribution in [3.8, 4) is 0 Å². The second-order valence-electron chi connectivity index (χ2n) is 5.16. The van der Waals surface area contributed by atoms with E-state index in [2.05, 4.69) is 10.6 Å². The number of furan rings is 1. The summed E-state index contributed by atoms with van der Waals surface area (Å²) < 4.78 is 33.2. The maximum absolute atomic E-state index is 11.7. The summed E-state index contributed by atoms with van der Waals surface area (Å²) in [7, 11) is -3.24. The molecule has 0 aliphatic heterocycles. The van der Waals surface area contributed by atoms with Crippen molar-refractivity contribution in [2.24, 2.45) is 0 Å². The highest BCUT2D eigenvalue weighted by atomic mass is 32.2. The summed E-state index contributed by atoms with van der Waals surface area (Å²) in [4.78, 5) is 11.9. The molecule has 0 saturated carbocycles. The Hall–Kier alpha value is -2.32. The van der Waals surface area contributed by atoms with Crippen molar-refractivity contribution in [3.63, 3.8) is 0 Å². The smallest absolute Gasteiger partial charge is 0.319 e. The van der Waals surface area contributed by atoms with Crippen LogP contribution in [0.15, 0.2) is 52.0 Å². The summed E-state index contributed by atoms with van der Waals surface area (Å²) in [6.45, 7) is 1.38. The minimum Gasteiger partial charge on any atom is -0.467 e. The van der Waals surface area contributed by atoms with E-state index in [4.69, 9.17) is 9.15 Å². The van der Waals surface area contributed by atoms with Crippen LogP contribution in [0.5, 0.6) is 0 Å². The molecular weight excluding hydrogens is 332 g/mol. The van der Waals surface area contributed by atoms with Gasteiger partial charge in [-0.1, -0.05) is 0 Å². The van der Waals surface area contributed by atoms with Gasteiger partial charge in [-0.25, -0.2) is 13.2 Å². The largest absolute Gasteiger partial charge is 0.467 e. The van der Waals surface area contributed by atoms with Crippen molar-refractivity contribution in [2.45, 2.75) is 17.9 Å². The molecule has 2 rings (SSSR count). The molecule has 0 saturated heterocycles. The Bertz CT molecular complexity index is 739. The van der Waals surface area contributed by atoms with Crippen LogP contribution >= 0.6 is 0 Å². The molecule has 8 heteroatoms. The van der Waals surface area contributed by atoms with Crippen LogP contribution in [0.25, 0.3) is 0 Å². The summed E-state index contributed by atoms with van der Waals surface area (Å²) in [6.07, 6.45) is 3.39. The Morgan fingerprint density at radius 3 is 2.58 bits per heavy atom. The van der Waals surface area contributed by atoms with Crippen LogP contribution in [0.4, 0.5) is 10.5 Å². The molecule has 7 nitrogen and oxygen atoms in total. The number of rotatable bonds is 8. The third kappa shape index (κ3) is 6.05. The summed E-state index contributed by atoms with van der Waals surface area (Å²) >= 11 is 0. The van der Waals surface area contributed by atoms with E-state index in [1.807, 2.05) is 6.07 Å². The molecule has 0 fully saturated rings. The van der Waals surface area contributed by atoms with Crippen LogP contribution in [0, 0.1) is 0 Å². The van der Waals surface area contributed by atoms with Gasteiger partial charge in [-0.2, -0.15) is 0 Å². The van der Waals surface area contributed by atoms with E-state index < -0.39 is 9.84 Å². The van der Waals surface area contributed by atoms with Crippen LogP contribution < -0.4 is 10.6 Å². The normalized spacial score (nSPS) is 11.2. The lowest BCUT2D eigenvalue weighted by molar-refractivity contribution is 0.104. The lowest BCUT2D eigenvalue weighted by Gasteiger charge is -2.08. The van der Waals surface area contributed by atoms with Gasteiger partial charge in [-0.3, -0.25) is 0 Å². The van der Waals surface area contributed by atoms with E-state index in [9.17, 15) is 13.2 Å². The predicted octanol–water partition coefficient (Wildman–Crippen LogP) is 2.41. The summed E-state index contributed by atoms with van der Waals surface area (Å²) in [5, 5.41) is 5.33. The lowest BCUT2D eigenvalue weighted by Crippen LogP contribution is -2.30. The van der Waals surface area contributed by atoms with Gasteiger partial charge in [-0.15, -0.1) is 0 Å². The number of amides is 2. The average molecular weight is 352 g/mol. The highest BCUT2D eigenvalue weighted by molar-refractivity contribution is 7.90. The molecule has 2 aromatic rings. The van der Waals surface area contributed by atoms with Gasteiger partial charge in [0.1, 0.15) is 12.4 Å². The summed E-state index contributed by atoms with van der Waals surface area (Å²) in [6, 6.07) is 9.27. The van der Waals surface area contributed by atoms with Crippen molar-refractivity contribution in [1.82, 2.24) is 5.32 Å². The second kappa shape index (κ2) is 8.51. The Labute approximate surface area is 140 Å². The highest BCUT2D eigenvalue weighted by Gasteiger charge is 2.07. The van der Waals surface area contributed by atoms with Crippen molar-refractivity contribution in [1.29, 1.82) is 0 Å². The molecule has 0 unspecified atom stereocenters. The second-order valence-corrected chi connectivity index (χ2v) is 7.18. The van der Waals surface area contributed by atoms with Crippen molar-refractivity contribution in [3.05, 3.63) is 48.4 Å². The highest BCUT2D eigenvalue weighted by Crippen LogP contribution is 2.13. The molecule has 0 atom stereocenters. The quantitative estimate of drug-likeness (QED) is 0.711. The maximum atomic E-state index is 11.7. The van der Waals surface area contributed by atoms with E-state index in [0.29, 0.717) is 31.9 Å². The first-order chi connectivity index (χ1) is 11.4. The number of hydrogen-bond acceptors (Lipinski definition) is 5. The molecule has 24 heavy (non-hydrogen) atoms. The fourth-order valence-corrected chi connectivity index (χ4v) is 2.53. The van der Waals surface area contributed by atoms with Crippen LogP contribution in [0.2, 0.25) is 0 Å². The zero-order valence-electron chi connectivity index (χ0n) is 13.3. The SMILES string of the molecule is CS(=O)(=O)c1ccc(NC(=O)NCCCOCc2ccco2)cc1. The maximum Gasteiger partial charge on any atom is 0.319 e. The van der Waals surface area contributed by atoms with Gasteiger partial charge in [0.25, 0.3) is 0 Å². The number of anilines is 1. The Morgan fingerprint density at radius 1 is 1.21 bits per heavy atom. The van der Waals surface area contributed by atoms with Gasteiger partial charge in [-0.05, 0) is 42.8 Å². The van der Waals surface area contributed by atoms with Gasteiger partial charge in [0, 0.05) is 25.1 Å². The molecule has 2 N–H and O–H groups in total. The van der Waals surface area contributed by atoms with E-state index >= 15 is 0 Å². The minimum atomic E-state index is -3.24. The van der Waals surface area contributed by atoms with Crippen molar-refractivity contribution < 1.29 is 22.4 Å². The molecule has 0 aliphatic rings. The number of hydrogen-bond donors (Lipinski definition) is 2. The molecular formula is C16H20N2O5S. The average Bonchev–Trinajstić information content (AvgIpc) is 3.03. The van der Waals surface area contributed by atoms with Gasteiger partial charge in [0.2, 0.25) is 0 Å². The van der Waals surface area contributed by atoms with Crippen LogP contribution in [0.3, 0.4) is 0 Å². The third-order valence-corrected chi connectivity index (χ3v) is 4.24. The van der Waals surface area contributed by atoms with Crippen LogP contribution in [-0.4, -0.2) is 33.9 Å². The van der Waals surface area contributed by atoms with E-state index in [1.54, 1.807) is 24.5 Å². The van der Waals surface area contributed by atoms with Crippen molar-refractivity contribution in [2.75, 3.05) is 24.7 Å². The number of ether oxygens (including phenoxy) is 1. The standard InChI is InChI=1S/C16H20N2O5S/c1-24(20,21)15-7-5-13(6-8-15)18-16(19)17-9-3-10-22-12-14-4-2-11-23-14/h2,4-8,11H,3,9-10,12H2,1H3,(H2,17,18,19).